The van der Waals surface area contributed by atoms with Crippen LogP contribution in [-0.4, -0.2) is 60.9 Å². The van der Waals surface area contributed by atoms with Crippen molar-refractivity contribution in [1.29, 1.82) is 0 Å². The van der Waals surface area contributed by atoms with Crippen LogP contribution in [0, 0.1) is 0 Å². The Labute approximate surface area is 186 Å². The molecule has 3 aromatic rings. The first kappa shape index (κ1) is 23.0. The van der Waals surface area contributed by atoms with E-state index in [4.69, 9.17) is 0 Å². The maximum absolute atomic E-state index is 12.8. The summed E-state index contributed by atoms with van der Waals surface area (Å²) < 4.78 is 3.37. The van der Waals surface area contributed by atoms with Gasteiger partial charge in [-0.15, -0.1) is 16.8 Å². The summed E-state index contributed by atoms with van der Waals surface area (Å²) in [6.45, 7) is 14.1. The minimum atomic E-state index is -0.135. The molecule has 3 rings (SSSR count). The van der Waals surface area contributed by atoms with Crippen LogP contribution in [0.1, 0.15) is 27.7 Å². The van der Waals surface area contributed by atoms with Crippen molar-refractivity contribution in [3.05, 3.63) is 47.3 Å². The van der Waals surface area contributed by atoms with E-state index in [0.29, 0.717) is 41.5 Å². The molecule has 0 saturated carbocycles. The summed E-state index contributed by atoms with van der Waals surface area (Å²) in [5.41, 5.74) is 0.588. The third-order valence-electron chi connectivity index (χ3n) is 5.14. The van der Waals surface area contributed by atoms with Crippen LogP contribution < -0.4 is 10.9 Å². The summed E-state index contributed by atoms with van der Waals surface area (Å²) in [4.78, 5) is 27.6. The molecule has 0 aliphatic rings. The number of para-hydroxylation sites is 1. The van der Waals surface area contributed by atoms with E-state index in [1.54, 1.807) is 16.7 Å². The van der Waals surface area contributed by atoms with Crippen molar-refractivity contribution >= 4 is 34.3 Å². The fraction of sp³-hybridized carbons (Fsp3) is 0.455. The third-order valence-corrected chi connectivity index (χ3v) is 6.07. The SMILES string of the molecule is C=CCn1c(=O)c2ccccc2n2c(SCC(=O)NCCN(C(C)C)C(C)C)nnc12. The first-order valence-corrected chi connectivity index (χ1v) is 11.5. The molecule has 8 nitrogen and oxygen atoms in total. The molecule has 0 spiro atoms. The Kier molecular flexibility index (Phi) is 7.50. The second-order valence-electron chi connectivity index (χ2n) is 7.90. The topological polar surface area (TPSA) is 84.5 Å². The van der Waals surface area contributed by atoms with Crippen LogP contribution in [0.5, 0.6) is 0 Å². The second-order valence-corrected chi connectivity index (χ2v) is 8.85. The number of nitrogens with zero attached hydrogens (tertiary/aromatic N) is 5. The zero-order valence-electron chi connectivity index (χ0n) is 18.5. The number of thioether (sulfide) groups is 1. The fourth-order valence-corrected chi connectivity index (χ4v) is 4.51. The van der Waals surface area contributed by atoms with Crippen LogP contribution >= 0.6 is 11.8 Å². The Morgan fingerprint density at radius 2 is 1.94 bits per heavy atom. The summed E-state index contributed by atoms with van der Waals surface area (Å²) in [5, 5.41) is 12.6. The maximum Gasteiger partial charge on any atom is 0.263 e. The van der Waals surface area contributed by atoms with Gasteiger partial charge in [0.1, 0.15) is 0 Å². The molecule has 0 bridgehead atoms. The number of nitrogens with one attached hydrogen (secondary N) is 1. The molecule has 0 aliphatic carbocycles. The van der Waals surface area contributed by atoms with Crippen molar-refractivity contribution in [3.63, 3.8) is 0 Å². The van der Waals surface area contributed by atoms with Gasteiger partial charge >= 0.3 is 0 Å². The average molecular weight is 443 g/mol. The Balaban J connectivity index is 1.76. The quantitative estimate of drug-likeness (QED) is 0.384. The summed E-state index contributed by atoms with van der Waals surface area (Å²) in [6, 6.07) is 8.20. The Hall–Kier alpha value is -2.65. The van der Waals surface area contributed by atoms with E-state index < -0.39 is 0 Å². The number of fused-ring (bicyclic) bond motifs is 3. The molecule has 0 radical (unpaired) electrons. The van der Waals surface area contributed by atoms with E-state index in [0.717, 1.165) is 12.1 Å². The Morgan fingerprint density at radius 1 is 1.23 bits per heavy atom. The molecule has 0 saturated heterocycles. The second kappa shape index (κ2) is 10.1. The van der Waals surface area contributed by atoms with E-state index in [2.05, 4.69) is 54.7 Å². The van der Waals surface area contributed by atoms with Crippen LogP contribution in [0.3, 0.4) is 0 Å². The van der Waals surface area contributed by atoms with Crippen molar-refractivity contribution in [2.75, 3.05) is 18.8 Å². The number of aromatic nitrogens is 4. The number of allylic oxidation sites excluding steroid dienone is 1. The van der Waals surface area contributed by atoms with E-state index in [1.807, 2.05) is 22.6 Å². The highest BCUT2D eigenvalue weighted by molar-refractivity contribution is 7.99. The molecular formula is C22H30N6O2S. The highest BCUT2D eigenvalue weighted by Gasteiger charge is 2.17. The lowest BCUT2D eigenvalue weighted by molar-refractivity contribution is -0.118. The van der Waals surface area contributed by atoms with Crippen LogP contribution in [0.25, 0.3) is 16.7 Å². The molecule has 2 aromatic heterocycles. The van der Waals surface area contributed by atoms with Gasteiger partial charge in [-0.3, -0.25) is 23.5 Å². The highest BCUT2D eigenvalue weighted by atomic mass is 32.2. The minimum absolute atomic E-state index is 0.0575. The summed E-state index contributed by atoms with van der Waals surface area (Å²) in [6.07, 6.45) is 1.66. The predicted octanol–water partition coefficient (Wildman–Crippen LogP) is 2.56. The first-order valence-electron chi connectivity index (χ1n) is 10.5. The minimum Gasteiger partial charge on any atom is -0.354 e. The standard InChI is InChI=1S/C22H30N6O2S/c1-6-12-27-20(30)17-9-7-8-10-18(17)28-21(27)24-25-22(28)31-14-19(29)23-11-13-26(15(2)3)16(4)5/h6-10,15-16H,1,11-14H2,2-5H3,(H,23,29). The molecule has 0 fully saturated rings. The van der Waals surface area contributed by atoms with Crippen LogP contribution in [-0.2, 0) is 11.3 Å². The van der Waals surface area contributed by atoms with Gasteiger partial charge in [0, 0.05) is 31.7 Å². The average Bonchev–Trinajstić information content (AvgIpc) is 3.16. The van der Waals surface area contributed by atoms with Gasteiger partial charge in [-0.25, -0.2) is 0 Å². The predicted molar refractivity (Wildman–Crippen MR) is 126 cm³/mol. The van der Waals surface area contributed by atoms with Crippen molar-refractivity contribution in [1.82, 2.24) is 29.4 Å². The Bertz CT molecular complexity index is 1130. The van der Waals surface area contributed by atoms with E-state index in [1.165, 1.54) is 11.8 Å². The molecular weight excluding hydrogens is 412 g/mol. The molecule has 2 heterocycles. The summed E-state index contributed by atoms with van der Waals surface area (Å²) in [7, 11) is 0. The molecule has 1 N–H and O–H groups in total. The van der Waals surface area contributed by atoms with Gasteiger partial charge in [-0.2, -0.15) is 0 Å². The molecule has 0 unspecified atom stereocenters. The largest absolute Gasteiger partial charge is 0.354 e. The number of carbonyl (C=O) groups excluding carboxylic acids is 1. The van der Waals surface area contributed by atoms with Gasteiger partial charge in [0.05, 0.1) is 16.7 Å². The van der Waals surface area contributed by atoms with E-state index in [9.17, 15) is 9.59 Å². The maximum atomic E-state index is 12.8. The van der Waals surface area contributed by atoms with Crippen LogP contribution in [0.2, 0.25) is 0 Å². The summed E-state index contributed by atoms with van der Waals surface area (Å²) >= 11 is 1.31. The number of hydrogen-bond acceptors (Lipinski definition) is 6. The smallest absolute Gasteiger partial charge is 0.263 e. The van der Waals surface area contributed by atoms with Gasteiger partial charge in [0.25, 0.3) is 5.56 Å². The van der Waals surface area contributed by atoms with E-state index in [-0.39, 0.29) is 17.2 Å². The number of rotatable bonds is 10. The third kappa shape index (κ3) is 4.99. The number of amides is 1. The lowest BCUT2D eigenvalue weighted by atomic mass is 10.2. The lowest BCUT2D eigenvalue weighted by Gasteiger charge is -2.30. The molecule has 1 aromatic carbocycles. The van der Waals surface area contributed by atoms with Gasteiger partial charge in [-0.1, -0.05) is 30.0 Å². The van der Waals surface area contributed by atoms with Crippen LogP contribution in [0.4, 0.5) is 0 Å². The van der Waals surface area contributed by atoms with Crippen molar-refractivity contribution < 1.29 is 4.79 Å². The van der Waals surface area contributed by atoms with E-state index >= 15 is 0 Å². The monoisotopic (exact) mass is 442 g/mol. The molecule has 0 atom stereocenters. The van der Waals surface area contributed by atoms with Gasteiger partial charge in [0.2, 0.25) is 11.7 Å². The number of benzene rings is 1. The molecule has 166 valence electrons. The molecule has 9 heteroatoms. The molecule has 1 amide bonds. The Morgan fingerprint density at radius 3 is 2.61 bits per heavy atom. The van der Waals surface area contributed by atoms with Crippen molar-refractivity contribution in [3.8, 4) is 0 Å². The number of carbonyl (C=O) groups is 1. The lowest BCUT2D eigenvalue weighted by Crippen LogP contribution is -2.42. The fourth-order valence-electron chi connectivity index (χ4n) is 3.74. The number of hydrogen-bond donors (Lipinski definition) is 1. The van der Waals surface area contributed by atoms with Gasteiger partial charge in [-0.05, 0) is 39.8 Å². The summed E-state index contributed by atoms with van der Waals surface area (Å²) in [5.74, 6) is 0.605. The zero-order valence-corrected chi connectivity index (χ0v) is 19.4. The normalized spacial score (nSPS) is 11.8. The van der Waals surface area contributed by atoms with Gasteiger partial charge in [0.15, 0.2) is 5.16 Å². The van der Waals surface area contributed by atoms with Crippen molar-refractivity contribution in [2.24, 2.45) is 0 Å². The van der Waals surface area contributed by atoms with Gasteiger partial charge < -0.3 is 5.32 Å². The molecule has 31 heavy (non-hydrogen) atoms. The van der Waals surface area contributed by atoms with Crippen LogP contribution in [0.15, 0.2) is 46.9 Å². The highest BCUT2D eigenvalue weighted by Crippen LogP contribution is 2.21. The molecule has 0 aliphatic heterocycles. The first-order chi connectivity index (χ1) is 14.8. The zero-order chi connectivity index (χ0) is 22.5. The van der Waals surface area contributed by atoms with Crippen molar-refractivity contribution in [2.45, 2.75) is 51.5 Å².